The molecule has 1 N–H and O–H groups in total. The minimum atomic E-state index is -0.987. The van der Waals surface area contributed by atoms with Crippen LogP contribution in [0.5, 0.6) is 5.88 Å². The lowest BCUT2D eigenvalue weighted by molar-refractivity contribution is -0.387. The number of hydrogen-bond donors (Lipinski definition) is 1. The first kappa shape index (κ1) is 13.4. The van der Waals surface area contributed by atoms with Crippen LogP contribution in [0.15, 0.2) is 42.6 Å². The summed E-state index contributed by atoms with van der Waals surface area (Å²) in [6, 6.07) is 7.70. The Kier molecular flexibility index (Phi) is 3.85. The number of nitro benzene ring substituents is 1. The quantitative estimate of drug-likeness (QED) is 0.687. The number of halogens is 1. The molecular weight excluding hydrogens is 269 g/mol. The second kappa shape index (κ2) is 5.74. The molecule has 0 aliphatic rings. The Bertz CT molecular complexity index is 648. The zero-order chi connectivity index (χ0) is 14.5. The molecule has 0 fully saturated rings. The number of carbonyl (C=O) groups is 1. The highest BCUT2D eigenvalue weighted by atomic mass is 19.1. The minimum Gasteiger partial charge on any atom is -0.391 e. The lowest BCUT2D eigenvalue weighted by Crippen LogP contribution is -2.17. The smallest absolute Gasteiger partial charge is 0.391 e. The fourth-order valence-corrected chi connectivity index (χ4v) is 1.38. The monoisotopic (exact) mass is 277 g/mol. The van der Waals surface area contributed by atoms with E-state index in [-0.39, 0.29) is 11.6 Å². The highest BCUT2D eigenvalue weighted by molar-refractivity contribution is 5.86. The summed E-state index contributed by atoms with van der Waals surface area (Å²) in [5, 5.41) is 12.8. The van der Waals surface area contributed by atoms with Crippen LogP contribution >= 0.6 is 0 Å². The van der Waals surface area contributed by atoms with Gasteiger partial charge >= 0.3 is 11.8 Å². The van der Waals surface area contributed by atoms with Gasteiger partial charge in [-0.15, -0.1) is 0 Å². The first-order chi connectivity index (χ1) is 9.56. The van der Waals surface area contributed by atoms with Gasteiger partial charge < -0.3 is 4.74 Å². The average Bonchev–Trinajstić information content (AvgIpc) is 2.41. The summed E-state index contributed by atoms with van der Waals surface area (Å²) >= 11 is 0. The van der Waals surface area contributed by atoms with Crippen molar-refractivity contribution in [2.75, 3.05) is 5.32 Å². The van der Waals surface area contributed by atoms with Crippen molar-refractivity contribution in [2.45, 2.75) is 0 Å². The number of benzene rings is 1. The van der Waals surface area contributed by atoms with E-state index in [1.165, 1.54) is 18.3 Å². The van der Waals surface area contributed by atoms with E-state index in [1.807, 2.05) is 0 Å². The van der Waals surface area contributed by atoms with E-state index in [1.54, 1.807) is 12.1 Å². The van der Waals surface area contributed by atoms with Gasteiger partial charge in [0.15, 0.2) is 0 Å². The third-order valence-electron chi connectivity index (χ3n) is 2.22. The number of carbonyl (C=O) groups excluding carboxylic acids is 1. The Morgan fingerprint density at radius 2 is 2.15 bits per heavy atom. The molecule has 1 aromatic heterocycles. The summed E-state index contributed by atoms with van der Waals surface area (Å²) in [4.78, 5) is 25.0. The lowest BCUT2D eigenvalue weighted by Gasteiger charge is -2.05. The van der Waals surface area contributed by atoms with Crippen LogP contribution in [0.3, 0.4) is 0 Å². The second-order valence-electron chi connectivity index (χ2n) is 3.61. The highest BCUT2D eigenvalue weighted by Crippen LogP contribution is 2.21. The number of nitro groups is 1. The zero-order valence-corrected chi connectivity index (χ0v) is 9.95. The van der Waals surface area contributed by atoms with Crippen LogP contribution in [-0.2, 0) is 0 Å². The van der Waals surface area contributed by atoms with Gasteiger partial charge in [-0.2, -0.15) is 4.39 Å². The van der Waals surface area contributed by atoms with Crippen molar-refractivity contribution >= 4 is 17.5 Å². The van der Waals surface area contributed by atoms with Gasteiger partial charge in [0, 0.05) is 18.3 Å². The Balaban J connectivity index is 2.08. The molecule has 0 aliphatic carbocycles. The number of ether oxygens (including phenoxy) is 1. The molecule has 1 heterocycles. The number of hydrogen-bond acceptors (Lipinski definition) is 5. The average molecular weight is 277 g/mol. The molecule has 7 nitrogen and oxygen atoms in total. The van der Waals surface area contributed by atoms with Gasteiger partial charge in [0.05, 0.1) is 10.6 Å². The maximum absolute atomic E-state index is 13.1. The molecule has 1 aromatic carbocycles. The van der Waals surface area contributed by atoms with Gasteiger partial charge in [0.1, 0.15) is 0 Å². The van der Waals surface area contributed by atoms with Crippen molar-refractivity contribution in [1.29, 1.82) is 0 Å². The summed E-state index contributed by atoms with van der Waals surface area (Å²) in [6.07, 6.45) is 0.551. The van der Waals surface area contributed by atoms with Crippen molar-refractivity contribution in [1.82, 2.24) is 4.98 Å². The van der Waals surface area contributed by atoms with Gasteiger partial charge in [-0.3, -0.25) is 15.4 Å². The molecular formula is C12H8FN3O4. The Morgan fingerprint density at radius 1 is 1.35 bits per heavy atom. The molecule has 20 heavy (non-hydrogen) atoms. The van der Waals surface area contributed by atoms with Crippen molar-refractivity contribution < 1.29 is 18.8 Å². The predicted molar refractivity (Wildman–Crippen MR) is 66.9 cm³/mol. The molecule has 0 bridgehead atoms. The topological polar surface area (TPSA) is 94.4 Å². The molecule has 2 rings (SSSR count). The molecule has 0 radical (unpaired) electrons. The number of nitrogens with zero attached hydrogens (tertiary/aromatic N) is 2. The number of pyridine rings is 1. The molecule has 0 saturated heterocycles. The number of aromatic nitrogens is 1. The highest BCUT2D eigenvalue weighted by Gasteiger charge is 2.15. The Morgan fingerprint density at radius 3 is 2.80 bits per heavy atom. The van der Waals surface area contributed by atoms with Gasteiger partial charge in [-0.1, -0.05) is 6.07 Å². The van der Waals surface area contributed by atoms with Crippen LogP contribution in [0.25, 0.3) is 0 Å². The maximum atomic E-state index is 13.1. The van der Waals surface area contributed by atoms with Crippen LogP contribution in [0.2, 0.25) is 0 Å². The van der Waals surface area contributed by atoms with Crippen LogP contribution in [-0.4, -0.2) is 16.0 Å². The normalized spacial score (nSPS) is 9.85. The first-order valence-corrected chi connectivity index (χ1v) is 5.40. The predicted octanol–water partition coefficient (Wildman–Crippen LogP) is 2.74. The Hall–Kier alpha value is -3.03. The van der Waals surface area contributed by atoms with Crippen molar-refractivity contribution in [3.8, 4) is 5.88 Å². The van der Waals surface area contributed by atoms with Crippen molar-refractivity contribution in [3.63, 3.8) is 0 Å². The van der Waals surface area contributed by atoms with Gasteiger partial charge in [-0.05, 0) is 18.2 Å². The van der Waals surface area contributed by atoms with Crippen LogP contribution < -0.4 is 10.1 Å². The third kappa shape index (κ3) is 3.25. The van der Waals surface area contributed by atoms with Gasteiger partial charge in [-0.25, -0.2) is 9.78 Å². The van der Waals surface area contributed by atoms with Crippen LogP contribution in [0.4, 0.5) is 20.6 Å². The molecule has 1 amide bonds. The van der Waals surface area contributed by atoms with Crippen molar-refractivity contribution in [3.05, 3.63) is 58.5 Å². The SMILES string of the molecule is O=C(Nc1ccc(F)c([N+](=O)[O-])c1)Oc1ccccn1. The second-order valence-corrected chi connectivity index (χ2v) is 3.61. The molecule has 0 atom stereocenters. The standard InChI is InChI=1S/C12H8FN3O4/c13-9-5-4-8(7-10(9)16(18)19)15-12(17)20-11-3-1-2-6-14-11/h1-7H,(H,15,17). The first-order valence-electron chi connectivity index (χ1n) is 5.40. The van der Waals surface area contributed by atoms with Gasteiger partial charge in [0.2, 0.25) is 11.7 Å². The number of amides is 1. The van der Waals surface area contributed by atoms with E-state index in [2.05, 4.69) is 10.3 Å². The Labute approximate surface area is 112 Å². The minimum absolute atomic E-state index is 0.0408. The summed E-state index contributed by atoms with van der Waals surface area (Å²) < 4.78 is 17.9. The fourth-order valence-electron chi connectivity index (χ4n) is 1.38. The van der Waals surface area contributed by atoms with E-state index in [4.69, 9.17) is 4.74 Å². The largest absolute Gasteiger partial charge is 0.418 e. The molecule has 0 unspecified atom stereocenters. The maximum Gasteiger partial charge on any atom is 0.418 e. The number of anilines is 1. The number of nitrogens with one attached hydrogen (secondary N) is 1. The van der Waals surface area contributed by atoms with E-state index < -0.39 is 22.5 Å². The molecule has 0 aliphatic heterocycles. The lowest BCUT2D eigenvalue weighted by atomic mass is 10.2. The molecule has 2 aromatic rings. The van der Waals surface area contributed by atoms with E-state index >= 15 is 0 Å². The van der Waals surface area contributed by atoms with E-state index in [0.717, 1.165) is 12.1 Å². The van der Waals surface area contributed by atoms with E-state index in [9.17, 15) is 19.3 Å². The summed E-state index contributed by atoms with van der Waals surface area (Å²) in [7, 11) is 0. The van der Waals surface area contributed by atoms with Crippen LogP contribution in [0, 0.1) is 15.9 Å². The van der Waals surface area contributed by atoms with Crippen molar-refractivity contribution in [2.24, 2.45) is 0 Å². The summed E-state index contributed by atoms with van der Waals surface area (Å²) in [6.45, 7) is 0. The summed E-state index contributed by atoms with van der Waals surface area (Å²) in [5.74, 6) is -0.916. The fraction of sp³-hybridized carbons (Fsp3) is 0. The molecule has 0 saturated carbocycles. The zero-order valence-electron chi connectivity index (χ0n) is 9.95. The van der Waals surface area contributed by atoms with E-state index in [0.29, 0.717) is 0 Å². The molecule has 102 valence electrons. The molecule has 0 spiro atoms. The van der Waals surface area contributed by atoms with Gasteiger partial charge in [0.25, 0.3) is 0 Å². The van der Waals surface area contributed by atoms with Crippen LogP contribution in [0.1, 0.15) is 0 Å². The summed E-state index contributed by atoms with van der Waals surface area (Å²) in [5.41, 5.74) is -0.695. The third-order valence-corrected chi connectivity index (χ3v) is 2.22. The molecule has 8 heteroatoms. The number of rotatable bonds is 3.